The lowest BCUT2D eigenvalue weighted by molar-refractivity contribution is -0.0869. The van der Waals surface area contributed by atoms with Gasteiger partial charge in [0.1, 0.15) is 24.1 Å². The van der Waals surface area contributed by atoms with Crippen LogP contribution in [0.2, 0.25) is 0 Å². The number of alkyl halides is 3. The van der Waals surface area contributed by atoms with Crippen LogP contribution >= 0.6 is 0 Å². The van der Waals surface area contributed by atoms with E-state index in [4.69, 9.17) is 0 Å². The molecule has 0 aliphatic carbocycles. The number of H-pyrrole nitrogens is 1. The molecule has 1 saturated heterocycles. The Morgan fingerprint density at radius 3 is 2.44 bits per heavy atom. The lowest BCUT2D eigenvalue weighted by Crippen LogP contribution is -2.50. The first-order valence-electron chi connectivity index (χ1n) is 13.0. The van der Waals surface area contributed by atoms with Crippen molar-refractivity contribution in [3.8, 4) is 0 Å². The summed E-state index contributed by atoms with van der Waals surface area (Å²) >= 11 is 0. The third kappa shape index (κ3) is 5.17. The Hall–Kier alpha value is -2.60. The Balaban J connectivity index is 1.55. The molecule has 3 heterocycles. The summed E-state index contributed by atoms with van der Waals surface area (Å²) in [7, 11) is 0. The van der Waals surface area contributed by atoms with Crippen LogP contribution in [-0.4, -0.2) is 76.4 Å². The van der Waals surface area contributed by atoms with Gasteiger partial charge in [-0.3, -0.25) is 9.29 Å². The first kappa shape index (κ1) is 27.9. The van der Waals surface area contributed by atoms with Crippen molar-refractivity contribution in [1.29, 1.82) is 0 Å². The molecular weight excluding hydrogens is 524 g/mol. The molecular formula is C28H31F6N3O2. The summed E-state index contributed by atoms with van der Waals surface area (Å²) in [6, 6.07) is 4.33. The maximum absolute atomic E-state index is 15.8. The zero-order chi connectivity index (χ0) is 28.1. The molecule has 3 aromatic rings. The van der Waals surface area contributed by atoms with Crippen LogP contribution in [0.15, 0.2) is 30.3 Å². The molecule has 212 valence electrons. The van der Waals surface area contributed by atoms with Crippen molar-refractivity contribution in [1.82, 2.24) is 14.8 Å². The van der Waals surface area contributed by atoms with Crippen molar-refractivity contribution < 1.29 is 36.6 Å². The molecule has 0 saturated carbocycles. The SMILES string of the molecule is C[C@@H]1Cc2c([nH]c3cccc(F)c23)[C@@H](c2c(F)cc([C@H](O)C3CN(CCCF)C3)cc2F)N1CC(F)(F)CO. The number of nitrogens with one attached hydrogen (secondary N) is 1. The van der Waals surface area contributed by atoms with Gasteiger partial charge in [-0.1, -0.05) is 6.07 Å². The van der Waals surface area contributed by atoms with Crippen molar-refractivity contribution >= 4 is 10.9 Å². The number of hydrogen-bond acceptors (Lipinski definition) is 4. The Bertz CT molecular complexity index is 1320. The highest BCUT2D eigenvalue weighted by molar-refractivity contribution is 5.86. The fourth-order valence-electron chi connectivity index (χ4n) is 6.03. The number of aliphatic hydroxyl groups excluding tert-OH is 2. The van der Waals surface area contributed by atoms with Crippen LogP contribution in [0.3, 0.4) is 0 Å². The molecule has 39 heavy (non-hydrogen) atoms. The van der Waals surface area contributed by atoms with E-state index in [0.29, 0.717) is 37.1 Å². The third-order valence-electron chi connectivity index (χ3n) is 7.98. The van der Waals surface area contributed by atoms with Crippen molar-refractivity contribution in [2.24, 2.45) is 5.92 Å². The number of aromatic nitrogens is 1. The second-order valence-corrected chi connectivity index (χ2v) is 10.7. The summed E-state index contributed by atoms with van der Waals surface area (Å²) in [5.74, 6) is -6.43. The summed E-state index contributed by atoms with van der Waals surface area (Å²) in [5.41, 5.74) is 0.550. The van der Waals surface area contributed by atoms with Crippen molar-refractivity contribution in [3.05, 3.63) is 70.2 Å². The highest BCUT2D eigenvalue weighted by atomic mass is 19.3. The van der Waals surface area contributed by atoms with Crippen LogP contribution < -0.4 is 0 Å². The second kappa shape index (κ2) is 10.8. The molecule has 0 amide bonds. The molecule has 1 fully saturated rings. The van der Waals surface area contributed by atoms with Crippen LogP contribution in [0.25, 0.3) is 10.9 Å². The van der Waals surface area contributed by atoms with Gasteiger partial charge >= 0.3 is 0 Å². The number of rotatable bonds is 9. The maximum Gasteiger partial charge on any atom is 0.283 e. The smallest absolute Gasteiger partial charge is 0.283 e. The number of halogens is 6. The quantitative estimate of drug-likeness (QED) is 0.330. The topological polar surface area (TPSA) is 62.7 Å². The normalized spacial score (nSPS) is 21.8. The highest BCUT2D eigenvalue weighted by Gasteiger charge is 2.44. The third-order valence-corrected chi connectivity index (χ3v) is 7.98. The minimum atomic E-state index is -3.55. The number of likely N-dealkylation sites (tertiary alicyclic amines) is 1. The van der Waals surface area contributed by atoms with Gasteiger partial charge in [0.05, 0.1) is 25.4 Å². The number of hydrogen-bond donors (Lipinski definition) is 3. The summed E-state index contributed by atoms with van der Waals surface area (Å²) < 4.78 is 87.7. The maximum atomic E-state index is 15.8. The first-order valence-corrected chi connectivity index (χ1v) is 13.0. The van der Waals surface area contributed by atoms with Crippen LogP contribution in [0.4, 0.5) is 26.3 Å². The van der Waals surface area contributed by atoms with Gasteiger partial charge < -0.3 is 20.1 Å². The van der Waals surface area contributed by atoms with Crippen molar-refractivity contribution in [2.45, 2.75) is 43.9 Å². The largest absolute Gasteiger partial charge is 0.390 e. The lowest BCUT2D eigenvalue weighted by Gasteiger charge is -2.43. The van der Waals surface area contributed by atoms with E-state index in [-0.39, 0.29) is 29.0 Å². The molecule has 2 aliphatic heterocycles. The average Bonchev–Trinajstić information content (AvgIpc) is 3.23. The van der Waals surface area contributed by atoms with Gasteiger partial charge in [0.25, 0.3) is 5.92 Å². The zero-order valence-electron chi connectivity index (χ0n) is 21.4. The molecule has 5 nitrogen and oxygen atoms in total. The standard InChI is InChI=1S/C28H31F6N3O2/c1-15-8-18-23-19(30)4-2-5-22(23)35-25(18)26(37(15)13-28(33,34)14-38)24-20(31)9-16(10-21(24)32)27(39)17-11-36(12-17)7-3-6-29/h2,4-5,9-10,15,17,26-27,35,38-39H,3,6-8,11-14H2,1H3/t15-,26-,27+/m1/s1. The highest BCUT2D eigenvalue weighted by Crippen LogP contribution is 2.44. The molecule has 5 rings (SSSR count). The predicted molar refractivity (Wildman–Crippen MR) is 134 cm³/mol. The Labute approximate surface area is 222 Å². The summed E-state index contributed by atoms with van der Waals surface area (Å²) in [6.45, 7) is 0.183. The predicted octanol–water partition coefficient (Wildman–Crippen LogP) is 4.87. The summed E-state index contributed by atoms with van der Waals surface area (Å²) in [4.78, 5) is 6.16. The lowest BCUT2D eigenvalue weighted by atomic mass is 9.85. The molecule has 0 spiro atoms. The van der Waals surface area contributed by atoms with Crippen molar-refractivity contribution in [3.63, 3.8) is 0 Å². The molecule has 2 aliphatic rings. The molecule has 0 unspecified atom stereocenters. The second-order valence-electron chi connectivity index (χ2n) is 10.7. The van der Waals surface area contributed by atoms with E-state index in [2.05, 4.69) is 4.98 Å². The van der Waals surface area contributed by atoms with E-state index in [1.54, 1.807) is 13.0 Å². The van der Waals surface area contributed by atoms with E-state index in [9.17, 15) is 27.8 Å². The van der Waals surface area contributed by atoms with Gasteiger partial charge in [-0.15, -0.1) is 0 Å². The van der Waals surface area contributed by atoms with Gasteiger partial charge in [-0.2, -0.15) is 0 Å². The van der Waals surface area contributed by atoms with E-state index < -0.39 is 67.0 Å². The van der Waals surface area contributed by atoms with E-state index in [0.717, 1.165) is 12.1 Å². The minimum absolute atomic E-state index is 0.0166. The van der Waals surface area contributed by atoms with Gasteiger partial charge in [-0.05, 0) is 55.2 Å². The molecule has 3 N–H and O–H groups in total. The first-order chi connectivity index (χ1) is 18.5. The molecule has 3 atom stereocenters. The number of aromatic amines is 1. The molecule has 1 aromatic heterocycles. The Morgan fingerprint density at radius 1 is 1.10 bits per heavy atom. The monoisotopic (exact) mass is 555 g/mol. The average molecular weight is 556 g/mol. The van der Waals surface area contributed by atoms with E-state index in [1.807, 2.05) is 4.90 Å². The van der Waals surface area contributed by atoms with Gasteiger partial charge in [0.2, 0.25) is 0 Å². The number of fused-ring (bicyclic) bond motifs is 3. The molecule has 0 radical (unpaired) electrons. The fourth-order valence-corrected chi connectivity index (χ4v) is 6.03. The summed E-state index contributed by atoms with van der Waals surface area (Å²) in [6.07, 6.45) is -0.650. The molecule has 2 aromatic carbocycles. The van der Waals surface area contributed by atoms with E-state index >= 15 is 8.78 Å². The number of benzene rings is 2. The Morgan fingerprint density at radius 2 is 1.79 bits per heavy atom. The van der Waals surface area contributed by atoms with Crippen molar-refractivity contribution in [2.75, 3.05) is 39.5 Å². The van der Waals surface area contributed by atoms with Crippen LogP contribution in [0.1, 0.15) is 47.9 Å². The number of aliphatic hydroxyl groups is 2. The van der Waals surface area contributed by atoms with Crippen LogP contribution in [-0.2, 0) is 6.42 Å². The van der Waals surface area contributed by atoms with Crippen LogP contribution in [0.5, 0.6) is 0 Å². The zero-order valence-corrected chi connectivity index (χ0v) is 21.4. The minimum Gasteiger partial charge on any atom is -0.390 e. The fraction of sp³-hybridized carbons (Fsp3) is 0.500. The van der Waals surface area contributed by atoms with Gasteiger partial charge in [0, 0.05) is 53.8 Å². The van der Waals surface area contributed by atoms with Gasteiger partial charge in [-0.25, -0.2) is 22.0 Å². The van der Waals surface area contributed by atoms with Crippen LogP contribution in [0, 0.1) is 23.4 Å². The molecule has 11 heteroatoms. The summed E-state index contributed by atoms with van der Waals surface area (Å²) in [5, 5.41) is 20.3. The van der Waals surface area contributed by atoms with Gasteiger partial charge in [0.15, 0.2) is 0 Å². The number of nitrogens with zero attached hydrogens (tertiary/aromatic N) is 2. The van der Waals surface area contributed by atoms with E-state index in [1.165, 1.54) is 17.0 Å². The Kier molecular flexibility index (Phi) is 7.71. The molecule has 0 bridgehead atoms.